The third-order valence-electron chi connectivity index (χ3n) is 4.43. The van der Waals surface area contributed by atoms with Gasteiger partial charge in [0.05, 0.1) is 17.2 Å². The molecule has 26 heavy (non-hydrogen) atoms. The van der Waals surface area contributed by atoms with Crippen molar-refractivity contribution in [3.05, 3.63) is 51.8 Å². The minimum atomic E-state index is -0.781. The van der Waals surface area contributed by atoms with E-state index >= 15 is 0 Å². The summed E-state index contributed by atoms with van der Waals surface area (Å²) in [5, 5.41) is 28.5. The van der Waals surface area contributed by atoms with Crippen LogP contribution in [0.4, 0.5) is 11.4 Å². The monoisotopic (exact) mass is 359 g/mol. The first-order chi connectivity index (χ1) is 12.5. The van der Waals surface area contributed by atoms with E-state index in [4.69, 9.17) is 0 Å². The zero-order valence-electron chi connectivity index (χ0n) is 14.5. The third-order valence-corrected chi connectivity index (χ3v) is 4.43. The first-order valence-corrected chi connectivity index (χ1v) is 8.44. The Kier molecular flexibility index (Phi) is 5.17. The number of aromatic nitrogens is 2. The number of rotatable bonds is 6. The van der Waals surface area contributed by atoms with Gasteiger partial charge in [-0.05, 0) is 25.0 Å². The molecule has 1 saturated heterocycles. The number of aliphatic hydroxyl groups excluding tert-OH is 1. The molecule has 2 heterocycles. The summed E-state index contributed by atoms with van der Waals surface area (Å²) in [5.74, 6) is -0.328. The van der Waals surface area contributed by atoms with Gasteiger partial charge < -0.3 is 15.3 Å². The van der Waals surface area contributed by atoms with Crippen LogP contribution in [-0.4, -0.2) is 50.3 Å². The highest BCUT2D eigenvalue weighted by Crippen LogP contribution is 2.26. The predicted molar refractivity (Wildman–Crippen MR) is 94.9 cm³/mol. The normalized spacial score (nSPS) is 15.1. The molecule has 0 bridgehead atoms. The Balaban J connectivity index is 1.76. The highest BCUT2D eigenvalue weighted by atomic mass is 16.6. The highest BCUT2D eigenvalue weighted by Gasteiger charge is 2.27. The molecular formula is C17H21N5O4. The Morgan fingerprint density at radius 3 is 2.77 bits per heavy atom. The Labute approximate surface area is 150 Å². The lowest BCUT2D eigenvalue weighted by Gasteiger charge is -2.16. The van der Waals surface area contributed by atoms with Gasteiger partial charge in [0.15, 0.2) is 0 Å². The molecule has 1 amide bonds. The fraction of sp³-hybridized carbons (Fsp3) is 0.412. The number of benzene rings is 1. The number of likely N-dealkylation sites (tertiary alicyclic amines) is 1. The van der Waals surface area contributed by atoms with E-state index in [0.717, 1.165) is 12.8 Å². The number of nitro groups is 1. The fourth-order valence-corrected chi connectivity index (χ4v) is 3.01. The Hall–Kier alpha value is -2.94. The van der Waals surface area contributed by atoms with Gasteiger partial charge >= 0.3 is 0 Å². The first-order valence-electron chi connectivity index (χ1n) is 8.44. The molecule has 0 saturated carbocycles. The zero-order valence-corrected chi connectivity index (χ0v) is 14.5. The average Bonchev–Trinajstić information content (AvgIpc) is 3.30. The second-order valence-corrected chi connectivity index (χ2v) is 6.33. The van der Waals surface area contributed by atoms with E-state index < -0.39 is 11.0 Å². The lowest BCUT2D eigenvalue weighted by atomic mass is 10.1. The topological polar surface area (TPSA) is 114 Å². The third kappa shape index (κ3) is 3.83. The average molecular weight is 359 g/mol. The van der Waals surface area contributed by atoms with Gasteiger partial charge in [0.1, 0.15) is 5.56 Å². The van der Waals surface area contributed by atoms with E-state index in [2.05, 4.69) is 10.4 Å². The molecule has 0 aliphatic carbocycles. The molecule has 1 fully saturated rings. The van der Waals surface area contributed by atoms with E-state index in [-0.39, 0.29) is 23.7 Å². The summed E-state index contributed by atoms with van der Waals surface area (Å²) in [4.78, 5) is 25.0. The SMILES string of the molecule is Cn1cc(C(O)CNc2ccc([N+](=O)[O-])c(C(=O)N3CCCC3)c2)cn1. The number of aliphatic hydroxyl groups is 1. The lowest BCUT2D eigenvalue weighted by Crippen LogP contribution is -2.28. The minimum absolute atomic E-state index is 0.0674. The summed E-state index contributed by atoms with van der Waals surface area (Å²) in [5.41, 5.74) is 1.06. The van der Waals surface area contributed by atoms with E-state index in [1.54, 1.807) is 29.0 Å². The molecule has 1 unspecified atom stereocenters. The van der Waals surface area contributed by atoms with E-state index in [1.807, 2.05) is 0 Å². The van der Waals surface area contributed by atoms with Gasteiger partial charge in [-0.1, -0.05) is 0 Å². The van der Waals surface area contributed by atoms with E-state index in [0.29, 0.717) is 24.3 Å². The predicted octanol–water partition coefficient (Wildman–Crippen LogP) is 1.71. The van der Waals surface area contributed by atoms with Crippen molar-refractivity contribution in [2.24, 2.45) is 7.05 Å². The smallest absolute Gasteiger partial charge is 0.282 e. The summed E-state index contributed by atoms with van der Waals surface area (Å²) in [6.45, 7) is 1.43. The molecule has 1 atom stereocenters. The maximum atomic E-state index is 12.6. The molecule has 138 valence electrons. The maximum Gasteiger partial charge on any atom is 0.282 e. The van der Waals surface area contributed by atoms with Crippen molar-refractivity contribution in [3.63, 3.8) is 0 Å². The van der Waals surface area contributed by atoms with E-state index in [1.165, 1.54) is 18.2 Å². The van der Waals surface area contributed by atoms with Crippen LogP contribution in [0.2, 0.25) is 0 Å². The van der Waals surface area contributed by atoms with Crippen molar-refractivity contribution in [1.29, 1.82) is 0 Å². The number of hydrogen-bond donors (Lipinski definition) is 2. The second kappa shape index (κ2) is 7.52. The van der Waals surface area contributed by atoms with E-state index in [9.17, 15) is 20.0 Å². The molecule has 1 aliphatic rings. The van der Waals surface area contributed by atoms with Gasteiger partial charge in [-0.25, -0.2) is 0 Å². The van der Waals surface area contributed by atoms with Crippen molar-refractivity contribution in [1.82, 2.24) is 14.7 Å². The van der Waals surface area contributed by atoms with Crippen molar-refractivity contribution in [3.8, 4) is 0 Å². The molecule has 0 spiro atoms. The van der Waals surface area contributed by atoms with Crippen molar-refractivity contribution in [2.45, 2.75) is 18.9 Å². The summed E-state index contributed by atoms with van der Waals surface area (Å²) in [7, 11) is 1.76. The van der Waals surface area contributed by atoms with Gasteiger partial charge in [-0.2, -0.15) is 5.10 Å². The molecule has 2 aromatic rings. The minimum Gasteiger partial charge on any atom is -0.386 e. The zero-order chi connectivity index (χ0) is 18.7. The number of aryl methyl sites for hydroxylation is 1. The molecule has 2 N–H and O–H groups in total. The number of anilines is 1. The van der Waals surface area contributed by atoms with Crippen LogP contribution in [-0.2, 0) is 7.05 Å². The molecule has 3 rings (SSSR count). The van der Waals surface area contributed by atoms with Crippen LogP contribution < -0.4 is 5.32 Å². The van der Waals surface area contributed by atoms with Crippen molar-refractivity contribution < 1.29 is 14.8 Å². The maximum absolute atomic E-state index is 12.6. The van der Waals surface area contributed by atoms with Gasteiger partial charge in [0, 0.05) is 50.2 Å². The molecule has 1 aromatic heterocycles. The van der Waals surface area contributed by atoms with Gasteiger partial charge in [-0.3, -0.25) is 19.6 Å². The van der Waals surface area contributed by atoms with Gasteiger partial charge in [0.2, 0.25) is 0 Å². The van der Waals surface area contributed by atoms with Gasteiger partial charge in [0.25, 0.3) is 11.6 Å². The number of nitrogens with one attached hydrogen (secondary N) is 1. The molecule has 0 radical (unpaired) electrons. The summed E-state index contributed by atoms with van der Waals surface area (Å²) >= 11 is 0. The molecule has 1 aromatic carbocycles. The van der Waals surface area contributed by atoms with Gasteiger partial charge in [-0.15, -0.1) is 0 Å². The van der Waals surface area contributed by atoms with Crippen LogP contribution in [0.1, 0.15) is 34.9 Å². The molecular weight excluding hydrogens is 338 g/mol. The first kappa shape index (κ1) is 17.9. The summed E-state index contributed by atoms with van der Waals surface area (Å²) in [6.07, 6.45) is 4.33. The lowest BCUT2D eigenvalue weighted by molar-refractivity contribution is -0.385. The summed E-state index contributed by atoms with van der Waals surface area (Å²) in [6, 6.07) is 4.34. The van der Waals surface area contributed by atoms with Crippen LogP contribution >= 0.6 is 0 Å². The number of carbonyl (C=O) groups is 1. The number of hydrogen-bond acceptors (Lipinski definition) is 6. The van der Waals surface area contributed by atoms with Crippen LogP contribution in [0.15, 0.2) is 30.6 Å². The van der Waals surface area contributed by atoms with Crippen molar-refractivity contribution >= 4 is 17.3 Å². The number of nitro benzene ring substituents is 1. The standard InChI is InChI=1S/C17H21N5O4/c1-20-11-12(9-19-20)16(23)10-18-13-4-5-15(22(25)26)14(8-13)17(24)21-6-2-3-7-21/h4-5,8-9,11,16,18,23H,2-3,6-7,10H2,1H3. The largest absolute Gasteiger partial charge is 0.386 e. The fourth-order valence-electron chi connectivity index (χ4n) is 3.01. The summed E-state index contributed by atoms with van der Waals surface area (Å²) < 4.78 is 1.59. The number of carbonyl (C=O) groups excluding carboxylic acids is 1. The van der Waals surface area contributed by atoms with Crippen molar-refractivity contribution in [2.75, 3.05) is 25.0 Å². The molecule has 1 aliphatic heterocycles. The second-order valence-electron chi connectivity index (χ2n) is 6.33. The molecule has 9 heteroatoms. The van der Waals surface area contributed by atoms with Crippen LogP contribution in [0.3, 0.4) is 0 Å². The van der Waals surface area contributed by atoms with Crippen LogP contribution in [0.25, 0.3) is 0 Å². The highest BCUT2D eigenvalue weighted by molar-refractivity contribution is 5.99. The number of nitrogens with zero attached hydrogens (tertiary/aromatic N) is 4. The number of amides is 1. The quantitative estimate of drug-likeness (QED) is 0.599. The molecule has 9 nitrogen and oxygen atoms in total. The van der Waals surface area contributed by atoms with Crippen LogP contribution in [0.5, 0.6) is 0 Å². The van der Waals surface area contributed by atoms with Crippen LogP contribution in [0, 0.1) is 10.1 Å². The Morgan fingerprint density at radius 2 is 2.15 bits per heavy atom. The Morgan fingerprint density at radius 1 is 1.42 bits per heavy atom. The Bertz CT molecular complexity index is 813.